The molecule has 1 unspecified atom stereocenters. The van der Waals surface area contributed by atoms with Crippen molar-refractivity contribution >= 4 is 0 Å². The molecule has 1 aliphatic rings. The Bertz CT molecular complexity index is 345. The standard InChI is InChI=1S/C15H24N2O/c1-12-9-17(10-13(2)18-12)11-15(8-16)14-6-4-3-5-7-14/h3-7,12-13,15H,8-11,16H2,1-2H3/t12-,13+,15?. The lowest BCUT2D eigenvalue weighted by molar-refractivity contribution is -0.0691. The van der Waals surface area contributed by atoms with Crippen LogP contribution < -0.4 is 5.73 Å². The average Bonchev–Trinajstić information content (AvgIpc) is 2.36. The molecule has 2 rings (SSSR count). The van der Waals surface area contributed by atoms with Crippen LogP contribution in [0.15, 0.2) is 30.3 Å². The molecular formula is C15H24N2O. The lowest BCUT2D eigenvalue weighted by Gasteiger charge is -2.37. The number of morpholine rings is 1. The second-order valence-corrected chi connectivity index (χ2v) is 5.32. The van der Waals surface area contributed by atoms with E-state index in [0.29, 0.717) is 24.7 Å². The first-order valence-corrected chi connectivity index (χ1v) is 6.82. The van der Waals surface area contributed by atoms with Gasteiger partial charge in [-0.25, -0.2) is 0 Å². The molecule has 100 valence electrons. The van der Waals surface area contributed by atoms with Gasteiger partial charge in [-0.3, -0.25) is 4.90 Å². The van der Waals surface area contributed by atoms with Crippen LogP contribution in [0.25, 0.3) is 0 Å². The minimum atomic E-state index is 0.322. The summed E-state index contributed by atoms with van der Waals surface area (Å²) < 4.78 is 5.76. The molecule has 0 bridgehead atoms. The third-order valence-corrected chi connectivity index (χ3v) is 3.53. The number of nitrogens with zero attached hydrogens (tertiary/aromatic N) is 1. The SMILES string of the molecule is C[C@@H]1CN(CC(CN)c2ccccc2)C[C@H](C)O1. The summed E-state index contributed by atoms with van der Waals surface area (Å²) in [5, 5.41) is 0. The molecule has 1 aliphatic heterocycles. The molecule has 1 aromatic carbocycles. The molecule has 0 spiro atoms. The summed E-state index contributed by atoms with van der Waals surface area (Å²) in [4.78, 5) is 2.48. The maximum absolute atomic E-state index is 5.93. The largest absolute Gasteiger partial charge is 0.373 e. The molecule has 2 N–H and O–H groups in total. The first-order valence-electron chi connectivity index (χ1n) is 6.82. The molecule has 0 amide bonds. The van der Waals surface area contributed by atoms with Gasteiger partial charge in [-0.15, -0.1) is 0 Å². The van der Waals surface area contributed by atoms with Gasteiger partial charge >= 0.3 is 0 Å². The van der Waals surface area contributed by atoms with Crippen LogP contribution >= 0.6 is 0 Å². The predicted octanol–water partition coefficient (Wildman–Crippen LogP) is 1.84. The maximum atomic E-state index is 5.93. The minimum Gasteiger partial charge on any atom is -0.373 e. The number of hydrogen-bond acceptors (Lipinski definition) is 3. The van der Waals surface area contributed by atoms with E-state index in [1.54, 1.807) is 0 Å². The first kappa shape index (κ1) is 13.5. The highest BCUT2D eigenvalue weighted by Gasteiger charge is 2.24. The van der Waals surface area contributed by atoms with Crippen molar-refractivity contribution < 1.29 is 4.74 Å². The zero-order valence-corrected chi connectivity index (χ0v) is 11.4. The topological polar surface area (TPSA) is 38.5 Å². The van der Waals surface area contributed by atoms with Gasteiger partial charge in [0.2, 0.25) is 0 Å². The normalized spacial score (nSPS) is 27.1. The average molecular weight is 248 g/mol. The highest BCUT2D eigenvalue weighted by Crippen LogP contribution is 2.19. The van der Waals surface area contributed by atoms with Gasteiger partial charge in [-0.05, 0) is 19.4 Å². The van der Waals surface area contributed by atoms with Crippen molar-refractivity contribution in [2.24, 2.45) is 5.73 Å². The lowest BCUT2D eigenvalue weighted by Crippen LogP contribution is -2.47. The second-order valence-electron chi connectivity index (χ2n) is 5.32. The molecule has 1 aromatic rings. The molecular weight excluding hydrogens is 224 g/mol. The fourth-order valence-corrected chi connectivity index (χ4v) is 2.79. The van der Waals surface area contributed by atoms with E-state index in [9.17, 15) is 0 Å². The Hall–Kier alpha value is -0.900. The van der Waals surface area contributed by atoms with Crippen molar-refractivity contribution in [3.63, 3.8) is 0 Å². The van der Waals surface area contributed by atoms with E-state index in [-0.39, 0.29) is 0 Å². The van der Waals surface area contributed by atoms with Crippen LogP contribution in [0.3, 0.4) is 0 Å². The quantitative estimate of drug-likeness (QED) is 0.883. The number of ether oxygens (including phenoxy) is 1. The summed E-state index contributed by atoms with van der Waals surface area (Å²) in [6.45, 7) is 8.02. The Kier molecular flexibility index (Phi) is 4.75. The molecule has 1 fully saturated rings. The summed E-state index contributed by atoms with van der Waals surface area (Å²) in [5.74, 6) is 0.420. The van der Waals surface area contributed by atoms with Crippen LogP contribution in [-0.2, 0) is 4.74 Å². The molecule has 0 aliphatic carbocycles. The van der Waals surface area contributed by atoms with Crippen LogP contribution in [0.4, 0.5) is 0 Å². The Morgan fingerprint density at radius 2 is 1.83 bits per heavy atom. The van der Waals surface area contributed by atoms with Crippen molar-refractivity contribution in [2.45, 2.75) is 32.0 Å². The Morgan fingerprint density at radius 3 is 2.39 bits per heavy atom. The molecule has 3 atom stereocenters. The fraction of sp³-hybridized carbons (Fsp3) is 0.600. The van der Waals surface area contributed by atoms with E-state index in [1.165, 1.54) is 5.56 Å². The Morgan fingerprint density at radius 1 is 1.22 bits per heavy atom. The van der Waals surface area contributed by atoms with Gasteiger partial charge in [0.05, 0.1) is 12.2 Å². The monoisotopic (exact) mass is 248 g/mol. The van der Waals surface area contributed by atoms with Gasteiger partial charge in [0.1, 0.15) is 0 Å². The van der Waals surface area contributed by atoms with Crippen molar-refractivity contribution in [3.8, 4) is 0 Å². The molecule has 1 heterocycles. The minimum absolute atomic E-state index is 0.322. The summed E-state index contributed by atoms with van der Waals surface area (Å²) in [7, 11) is 0. The molecule has 3 nitrogen and oxygen atoms in total. The van der Waals surface area contributed by atoms with Crippen LogP contribution in [0.1, 0.15) is 25.3 Å². The predicted molar refractivity (Wildman–Crippen MR) is 74.7 cm³/mol. The van der Waals surface area contributed by atoms with Gasteiger partial charge in [0.15, 0.2) is 0 Å². The van der Waals surface area contributed by atoms with Gasteiger partial charge in [-0.2, -0.15) is 0 Å². The van der Waals surface area contributed by atoms with Crippen LogP contribution in [-0.4, -0.2) is 43.3 Å². The third-order valence-electron chi connectivity index (χ3n) is 3.53. The van der Waals surface area contributed by atoms with Gasteiger partial charge in [0, 0.05) is 32.1 Å². The smallest absolute Gasteiger partial charge is 0.0678 e. The Labute approximate surface area is 110 Å². The summed E-state index contributed by atoms with van der Waals surface area (Å²) in [6.07, 6.45) is 0.644. The van der Waals surface area contributed by atoms with E-state index >= 15 is 0 Å². The van der Waals surface area contributed by atoms with E-state index in [2.05, 4.69) is 49.1 Å². The molecule has 3 heteroatoms. The molecule has 0 radical (unpaired) electrons. The second kappa shape index (κ2) is 6.32. The maximum Gasteiger partial charge on any atom is 0.0678 e. The molecule has 0 aromatic heterocycles. The third kappa shape index (κ3) is 3.55. The first-order chi connectivity index (χ1) is 8.69. The lowest BCUT2D eigenvalue weighted by atomic mass is 9.98. The van der Waals surface area contributed by atoms with Crippen LogP contribution in [0.2, 0.25) is 0 Å². The van der Waals surface area contributed by atoms with Crippen molar-refractivity contribution in [3.05, 3.63) is 35.9 Å². The van der Waals surface area contributed by atoms with Crippen molar-refractivity contribution in [1.29, 1.82) is 0 Å². The molecule has 0 saturated carbocycles. The van der Waals surface area contributed by atoms with Crippen molar-refractivity contribution in [2.75, 3.05) is 26.2 Å². The summed E-state index contributed by atoms with van der Waals surface area (Å²) in [5.41, 5.74) is 7.27. The number of nitrogens with two attached hydrogens (primary N) is 1. The van der Waals surface area contributed by atoms with Gasteiger partial charge in [-0.1, -0.05) is 30.3 Å². The Balaban J connectivity index is 1.98. The zero-order chi connectivity index (χ0) is 13.0. The van der Waals surface area contributed by atoms with E-state index < -0.39 is 0 Å². The number of benzene rings is 1. The molecule has 18 heavy (non-hydrogen) atoms. The fourth-order valence-electron chi connectivity index (χ4n) is 2.79. The zero-order valence-electron chi connectivity index (χ0n) is 11.4. The van der Waals surface area contributed by atoms with Crippen LogP contribution in [0, 0.1) is 0 Å². The highest BCUT2D eigenvalue weighted by atomic mass is 16.5. The summed E-state index contributed by atoms with van der Waals surface area (Å²) >= 11 is 0. The van der Waals surface area contributed by atoms with Crippen LogP contribution in [0.5, 0.6) is 0 Å². The van der Waals surface area contributed by atoms with E-state index in [1.807, 2.05) is 0 Å². The summed E-state index contributed by atoms with van der Waals surface area (Å²) in [6, 6.07) is 10.6. The van der Waals surface area contributed by atoms with E-state index in [0.717, 1.165) is 19.6 Å². The van der Waals surface area contributed by atoms with Crippen molar-refractivity contribution in [1.82, 2.24) is 4.90 Å². The van der Waals surface area contributed by atoms with Gasteiger partial charge < -0.3 is 10.5 Å². The van der Waals surface area contributed by atoms with Gasteiger partial charge in [0.25, 0.3) is 0 Å². The molecule has 1 saturated heterocycles. The highest BCUT2D eigenvalue weighted by molar-refractivity contribution is 5.20. The van der Waals surface area contributed by atoms with E-state index in [4.69, 9.17) is 10.5 Å². The number of hydrogen-bond donors (Lipinski definition) is 1. The number of rotatable bonds is 4.